The molecule has 0 aliphatic carbocycles. The third kappa shape index (κ3) is 5.89. The van der Waals surface area contributed by atoms with Crippen molar-refractivity contribution in [3.63, 3.8) is 0 Å². The van der Waals surface area contributed by atoms with Crippen molar-refractivity contribution in [3.05, 3.63) is 0 Å². The van der Waals surface area contributed by atoms with Crippen molar-refractivity contribution >= 4 is 5.91 Å². The smallest absolute Gasteiger partial charge is 0.221 e. The minimum absolute atomic E-state index is 0.200. The van der Waals surface area contributed by atoms with Crippen LogP contribution in [0, 0.1) is 5.92 Å². The van der Waals surface area contributed by atoms with E-state index in [1.807, 2.05) is 0 Å². The Morgan fingerprint density at radius 2 is 2.00 bits per heavy atom. The molecule has 2 heterocycles. The molecule has 110 valence electrons. The van der Waals surface area contributed by atoms with E-state index in [0.717, 1.165) is 77.7 Å². The fourth-order valence-electron chi connectivity index (χ4n) is 2.73. The SMILES string of the molecule is O=C(CCN1CCNCC1)NCCC1CCOCC1. The molecule has 5 heteroatoms. The van der Waals surface area contributed by atoms with Gasteiger partial charge < -0.3 is 20.3 Å². The minimum atomic E-state index is 0.200. The molecular weight excluding hydrogens is 242 g/mol. The van der Waals surface area contributed by atoms with Crippen LogP contribution in [0.1, 0.15) is 25.7 Å². The molecule has 0 unspecified atom stereocenters. The van der Waals surface area contributed by atoms with Gasteiger partial charge in [0.15, 0.2) is 0 Å². The molecule has 0 bridgehead atoms. The maximum atomic E-state index is 11.7. The predicted molar refractivity (Wildman–Crippen MR) is 75.1 cm³/mol. The monoisotopic (exact) mass is 269 g/mol. The number of nitrogens with zero attached hydrogens (tertiary/aromatic N) is 1. The number of carbonyl (C=O) groups is 1. The first-order chi connectivity index (χ1) is 9.34. The average molecular weight is 269 g/mol. The molecule has 0 spiro atoms. The highest BCUT2D eigenvalue weighted by molar-refractivity contribution is 5.76. The summed E-state index contributed by atoms with van der Waals surface area (Å²) < 4.78 is 5.33. The first-order valence-corrected chi connectivity index (χ1v) is 7.62. The number of rotatable bonds is 6. The summed E-state index contributed by atoms with van der Waals surface area (Å²) in [6.45, 7) is 7.72. The summed E-state index contributed by atoms with van der Waals surface area (Å²) in [4.78, 5) is 14.1. The number of carbonyl (C=O) groups excluding carboxylic acids is 1. The zero-order chi connectivity index (χ0) is 13.3. The quantitative estimate of drug-likeness (QED) is 0.724. The molecule has 5 nitrogen and oxygen atoms in total. The largest absolute Gasteiger partial charge is 0.381 e. The van der Waals surface area contributed by atoms with Gasteiger partial charge in [0, 0.05) is 58.9 Å². The van der Waals surface area contributed by atoms with Crippen molar-refractivity contribution in [2.45, 2.75) is 25.7 Å². The molecular formula is C14H27N3O2. The Balaban J connectivity index is 1.49. The molecule has 2 aliphatic rings. The Morgan fingerprint density at radius 3 is 2.74 bits per heavy atom. The topological polar surface area (TPSA) is 53.6 Å². The van der Waals surface area contributed by atoms with Crippen LogP contribution in [0.15, 0.2) is 0 Å². The summed E-state index contributed by atoms with van der Waals surface area (Å²) in [5.41, 5.74) is 0. The molecule has 1 amide bonds. The Labute approximate surface area is 116 Å². The van der Waals surface area contributed by atoms with Gasteiger partial charge in [0.2, 0.25) is 5.91 Å². The van der Waals surface area contributed by atoms with E-state index in [0.29, 0.717) is 6.42 Å². The van der Waals surface area contributed by atoms with Crippen LogP contribution < -0.4 is 10.6 Å². The Bertz CT molecular complexity index is 261. The lowest BCUT2D eigenvalue weighted by atomic mass is 9.97. The molecule has 2 saturated heterocycles. The van der Waals surface area contributed by atoms with Crippen molar-refractivity contribution < 1.29 is 9.53 Å². The van der Waals surface area contributed by atoms with Gasteiger partial charge in [0.1, 0.15) is 0 Å². The van der Waals surface area contributed by atoms with E-state index >= 15 is 0 Å². The van der Waals surface area contributed by atoms with E-state index in [9.17, 15) is 4.79 Å². The molecule has 2 N–H and O–H groups in total. The van der Waals surface area contributed by atoms with Gasteiger partial charge in [-0.1, -0.05) is 0 Å². The Kier molecular flexibility index (Phi) is 6.61. The van der Waals surface area contributed by atoms with Crippen LogP contribution in [0.4, 0.5) is 0 Å². The van der Waals surface area contributed by atoms with E-state index in [-0.39, 0.29) is 5.91 Å². The number of amides is 1. The van der Waals surface area contributed by atoms with E-state index in [1.54, 1.807) is 0 Å². The van der Waals surface area contributed by atoms with Gasteiger partial charge in [-0.2, -0.15) is 0 Å². The molecule has 2 fully saturated rings. The van der Waals surface area contributed by atoms with Crippen molar-refractivity contribution in [1.82, 2.24) is 15.5 Å². The van der Waals surface area contributed by atoms with Gasteiger partial charge in [0.05, 0.1) is 0 Å². The molecule has 2 aliphatic heterocycles. The molecule has 2 rings (SSSR count). The average Bonchev–Trinajstić information content (AvgIpc) is 2.47. The molecule has 0 atom stereocenters. The van der Waals surface area contributed by atoms with Gasteiger partial charge >= 0.3 is 0 Å². The second-order valence-corrected chi connectivity index (χ2v) is 5.54. The van der Waals surface area contributed by atoms with Crippen LogP contribution >= 0.6 is 0 Å². The predicted octanol–water partition coefficient (Wildman–Crippen LogP) is 0.215. The van der Waals surface area contributed by atoms with Crippen LogP contribution in [-0.4, -0.2) is 63.3 Å². The first-order valence-electron chi connectivity index (χ1n) is 7.62. The Morgan fingerprint density at radius 1 is 1.26 bits per heavy atom. The third-order valence-corrected chi connectivity index (χ3v) is 4.08. The minimum Gasteiger partial charge on any atom is -0.381 e. The lowest BCUT2D eigenvalue weighted by Gasteiger charge is -2.26. The van der Waals surface area contributed by atoms with Crippen molar-refractivity contribution in [2.75, 3.05) is 52.5 Å². The summed E-state index contributed by atoms with van der Waals surface area (Å²) in [5.74, 6) is 0.938. The van der Waals surface area contributed by atoms with Crippen LogP contribution in [0.3, 0.4) is 0 Å². The number of hydrogen-bond donors (Lipinski definition) is 2. The van der Waals surface area contributed by atoms with Crippen LogP contribution in [0.5, 0.6) is 0 Å². The summed E-state index contributed by atoms with van der Waals surface area (Å²) in [7, 11) is 0. The van der Waals surface area contributed by atoms with E-state index in [2.05, 4.69) is 15.5 Å². The third-order valence-electron chi connectivity index (χ3n) is 4.08. The van der Waals surface area contributed by atoms with Gasteiger partial charge in [-0.05, 0) is 25.2 Å². The van der Waals surface area contributed by atoms with Crippen molar-refractivity contribution in [1.29, 1.82) is 0 Å². The zero-order valence-corrected chi connectivity index (χ0v) is 11.8. The first kappa shape index (κ1) is 14.8. The normalized spacial score (nSPS) is 22.3. The number of piperazine rings is 1. The van der Waals surface area contributed by atoms with Crippen LogP contribution in [0.2, 0.25) is 0 Å². The summed E-state index contributed by atoms with van der Waals surface area (Å²) >= 11 is 0. The van der Waals surface area contributed by atoms with E-state index in [4.69, 9.17) is 4.74 Å². The fraction of sp³-hybridized carbons (Fsp3) is 0.929. The lowest BCUT2D eigenvalue weighted by molar-refractivity contribution is -0.121. The van der Waals surface area contributed by atoms with Crippen LogP contribution in [-0.2, 0) is 9.53 Å². The van der Waals surface area contributed by atoms with Gasteiger partial charge in [-0.25, -0.2) is 0 Å². The summed E-state index contributed by atoms with van der Waals surface area (Å²) in [6, 6.07) is 0. The lowest BCUT2D eigenvalue weighted by Crippen LogP contribution is -2.44. The molecule has 0 aromatic heterocycles. The van der Waals surface area contributed by atoms with Gasteiger partial charge in [0.25, 0.3) is 0 Å². The van der Waals surface area contributed by atoms with Crippen molar-refractivity contribution in [3.8, 4) is 0 Å². The van der Waals surface area contributed by atoms with E-state index in [1.165, 1.54) is 0 Å². The second-order valence-electron chi connectivity index (χ2n) is 5.54. The molecule has 0 aromatic carbocycles. The molecule has 0 radical (unpaired) electrons. The highest BCUT2D eigenvalue weighted by atomic mass is 16.5. The summed E-state index contributed by atoms with van der Waals surface area (Å²) in [6.07, 6.45) is 4.03. The highest BCUT2D eigenvalue weighted by Gasteiger charge is 2.14. The number of hydrogen-bond acceptors (Lipinski definition) is 4. The van der Waals surface area contributed by atoms with Crippen molar-refractivity contribution in [2.24, 2.45) is 5.92 Å². The van der Waals surface area contributed by atoms with Gasteiger partial charge in [-0.3, -0.25) is 4.79 Å². The maximum Gasteiger partial charge on any atom is 0.221 e. The number of nitrogens with one attached hydrogen (secondary N) is 2. The molecule has 0 saturated carbocycles. The number of ether oxygens (including phenoxy) is 1. The maximum absolute atomic E-state index is 11.7. The molecule has 0 aromatic rings. The fourth-order valence-corrected chi connectivity index (χ4v) is 2.73. The molecule has 19 heavy (non-hydrogen) atoms. The summed E-state index contributed by atoms with van der Waals surface area (Å²) in [5, 5.41) is 6.37. The highest BCUT2D eigenvalue weighted by Crippen LogP contribution is 2.17. The standard InChI is InChI=1S/C14H27N3O2/c18-14(2-8-17-9-6-15-7-10-17)16-5-1-13-3-11-19-12-4-13/h13,15H,1-12H2,(H,16,18). The van der Waals surface area contributed by atoms with E-state index < -0.39 is 0 Å². The Hall–Kier alpha value is -0.650. The van der Waals surface area contributed by atoms with Gasteiger partial charge in [-0.15, -0.1) is 0 Å². The zero-order valence-electron chi connectivity index (χ0n) is 11.8. The van der Waals surface area contributed by atoms with Crippen LogP contribution in [0.25, 0.3) is 0 Å². The second kappa shape index (κ2) is 8.51.